The third-order valence-electron chi connectivity index (χ3n) is 4.69. The Morgan fingerprint density at radius 1 is 1.29 bits per heavy atom. The highest BCUT2D eigenvalue weighted by atomic mass is 19.3. The number of aromatic nitrogens is 5. The average Bonchev–Trinajstić information content (AvgIpc) is 3.16. The maximum absolute atomic E-state index is 13.4. The summed E-state index contributed by atoms with van der Waals surface area (Å²) in [4.78, 5) is 25.9. The lowest BCUT2D eigenvalue weighted by atomic mass is 9.92. The van der Waals surface area contributed by atoms with Crippen LogP contribution in [0.4, 0.5) is 13.2 Å². The topological polar surface area (TPSA) is 76.3 Å². The van der Waals surface area contributed by atoms with Crippen molar-refractivity contribution in [1.82, 2.24) is 29.5 Å². The first kappa shape index (κ1) is 18.1. The Hall–Kier alpha value is -3.30. The van der Waals surface area contributed by atoms with Crippen molar-refractivity contribution in [2.75, 3.05) is 13.1 Å². The average molecular weight is 388 g/mol. The molecule has 4 heterocycles. The summed E-state index contributed by atoms with van der Waals surface area (Å²) in [7, 11) is 0. The summed E-state index contributed by atoms with van der Waals surface area (Å²) in [6.07, 6.45) is 1.53. The Morgan fingerprint density at radius 2 is 2.11 bits per heavy atom. The predicted octanol–water partition coefficient (Wildman–Crippen LogP) is 2.78. The first-order chi connectivity index (χ1) is 13.4. The number of pyridine rings is 1. The second-order valence-electron chi connectivity index (χ2n) is 6.45. The van der Waals surface area contributed by atoms with Crippen LogP contribution in [0.1, 0.15) is 41.1 Å². The Labute approximate surface area is 157 Å². The molecule has 0 aliphatic carbocycles. The van der Waals surface area contributed by atoms with Crippen molar-refractivity contribution in [3.63, 3.8) is 0 Å². The van der Waals surface area contributed by atoms with Crippen molar-refractivity contribution >= 4 is 11.7 Å². The molecule has 0 radical (unpaired) electrons. The van der Waals surface area contributed by atoms with Gasteiger partial charge in [0.2, 0.25) is 0 Å². The highest BCUT2D eigenvalue weighted by molar-refractivity contribution is 5.92. The fourth-order valence-electron chi connectivity index (χ4n) is 3.23. The third-order valence-corrected chi connectivity index (χ3v) is 4.69. The second kappa shape index (κ2) is 7.02. The Kier molecular flexibility index (Phi) is 4.54. The van der Waals surface area contributed by atoms with Gasteiger partial charge in [-0.15, -0.1) is 0 Å². The molecule has 0 N–H and O–H groups in total. The summed E-state index contributed by atoms with van der Waals surface area (Å²) >= 11 is 0. The normalized spacial score (nSPS) is 17.2. The zero-order valence-electron chi connectivity index (χ0n) is 14.8. The molecule has 144 valence electrons. The van der Waals surface area contributed by atoms with Crippen LogP contribution in [-0.4, -0.2) is 48.5 Å². The lowest BCUT2D eigenvalue weighted by Crippen LogP contribution is -2.39. The number of rotatable bonds is 3. The predicted molar refractivity (Wildman–Crippen MR) is 92.3 cm³/mol. The van der Waals surface area contributed by atoms with Gasteiger partial charge in [0.05, 0.1) is 5.69 Å². The molecule has 1 aliphatic heterocycles. The lowest BCUT2D eigenvalue weighted by molar-refractivity contribution is 0.0753. The fraction of sp³-hybridized carbons (Fsp3) is 0.278. The standard InChI is InChI=1S/C18H15F3N6O/c1-10-3-5-26(17(28)14-6-11(19)2-4-22-14)8-12(10)15-7-13(16(20)21)25-18-23-9-24-27(15)18/h2-4,6-7,9,12,16H,5,8H2,1H3/t12-/m1/s1. The van der Waals surface area contributed by atoms with Crippen LogP contribution in [0.15, 0.2) is 42.4 Å². The first-order valence-electron chi connectivity index (χ1n) is 8.50. The molecule has 0 bridgehead atoms. The molecule has 10 heteroatoms. The SMILES string of the molecule is CC1=CCN(C(=O)c2cc(F)ccn2)C[C@H]1c1cc(C(F)F)nc2ncnn12. The summed E-state index contributed by atoms with van der Waals surface area (Å²) in [5.74, 6) is -1.32. The van der Waals surface area contributed by atoms with E-state index in [0.717, 1.165) is 17.7 Å². The number of amides is 1. The van der Waals surface area contributed by atoms with Crippen LogP contribution in [0.2, 0.25) is 0 Å². The molecule has 4 rings (SSSR count). The Bertz CT molecular complexity index is 1080. The van der Waals surface area contributed by atoms with Crippen molar-refractivity contribution in [3.8, 4) is 0 Å². The first-order valence-corrected chi connectivity index (χ1v) is 8.50. The number of alkyl halides is 2. The van der Waals surface area contributed by atoms with Gasteiger partial charge in [-0.2, -0.15) is 10.1 Å². The van der Waals surface area contributed by atoms with Gasteiger partial charge in [0.1, 0.15) is 23.5 Å². The summed E-state index contributed by atoms with van der Waals surface area (Å²) in [5, 5.41) is 4.07. The van der Waals surface area contributed by atoms with E-state index in [4.69, 9.17) is 0 Å². The van der Waals surface area contributed by atoms with Gasteiger partial charge in [-0.3, -0.25) is 9.78 Å². The minimum Gasteiger partial charge on any atom is -0.333 e. The molecule has 1 aliphatic rings. The minimum atomic E-state index is -2.76. The minimum absolute atomic E-state index is 0.0133. The van der Waals surface area contributed by atoms with Crippen molar-refractivity contribution in [1.29, 1.82) is 0 Å². The van der Waals surface area contributed by atoms with Gasteiger partial charge in [0, 0.05) is 31.3 Å². The van der Waals surface area contributed by atoms with E-state index in [1.165, 1.54) is 28.0 Å². The van der Waals surface area contributed by atoms with Gasteiger partial charge in [-0.25, -0.2) is 22.7 Å². The number of carbonyl (C=O) groups is 1. The molecule has 0 saturated carbocycles. The van der Waals surface area contributed by atoms with Crippen LogP contribution < -0.4 is 0 Å². The van der Waals surface area contributed by atoms with Gasteiger partial charge < -0.3 is 4.90 Å². The molecule has 0 fully saturated rings. The second-order valence-corrected chi connectivity index (χ2v) is 6.45. The lowest BCUT2D eigenvalue weighted by Gasteiger charge is -2.32. The van der Waals surface area contributed by atoms with E-state index in [-0.39, 0.29) is 18.0 Å². The Balaban J connectivity index is 1.71. The summed E-state index contributed by atoms with van der Waals surface area (Å²) < 4.78 is 41.4. The zero-order valence-corrected chi connectivity index (χ0v) is 14.8. The molecule has 3 aromatic rings. The van der Waals surface area contributed by atoms with Crippen molar-refractivity contribution in [2.45, 2.75) is 19.3 Å². The van der Waals surface area contributed by atoms with Crippen LogP contribution in [0.3, 0.4) is 0 Å². The Morgan fingerprint density at radius 3 is 2.86 bits per heavy atom. The van der Waals surface area contributed by atoms with Crippen molar-refractivity contribution < 1.29 is 18.0 Å². The highest BCUT2D eigenvalue weighted by Crippen LogP contribution is 2.31. The molecule has 7 nitrogen and oxygen atoms in total. The monoisotopic (exact) mass is 388 g/mol. The molecule has 1 amide bonds. The highest BCUT2D eigenvalue weighted by Gasteiger charge is 2.29. The third kappa shape index (κ3) is 3.21. The van der Waals surface area contributed by atoms with Crippen LogP contribution in [-0.2, 0) is 0 Å². The fourth-order valence-corrected chi connectivity index (χ4v) is 3.23. The van der Waals surface area contributed by atoms with E-state index in [0.29, 0.717) is 12.2 Å². The van der Waals surface area contributed by atoms with E-state index in [1.54, 1.807) is 0 Å². The largest absolute Gasteiger partial charge is 0.333 e. The van der Waals surface area contributed by atoms with Crippen molar-refractivity contribution in [2.24, 2.45) is 0 Å². The molecular weight excluding hydrogens is 373 g/mol. The number of carbonyl (C=O) groups excluding carboxylic acids is 1. The number of hydrogen-bond acceptors (Lipinski definition) is 5. The van der Waals surface area contributed by atoms with Crippen LogP contribution >= 0.6 is 0 Å². The van der Waals surface area contributed by atoms with Crippen LogP contribution in [0.5, 0.6) is 0 Å². The zero-order chi connectivity index (χ0) is 19.8. The molecule has 0 saturated heterocycles. The molecule has 28 heavy (non-hydrogen) atoms. The molecule has 3 aromatic heterocycles. The van der Waals surface area contributed by atoms with Crippen LogP contribution in [0.25, 0.3) is 5.78 Å². The molecule has 0 unspecified atom stereocenters. The number of nitrogens with zero attached hydrogens (tertiary/aromatic N) is 6. The van der Waals surface area contributed by atoms with E-state index in [9.17, 15) is 18.0 Å². The summed E-state index contributed by atoms with van der Waals surface area (Å²) in [6.45, 7) is 2.38. The quantitative estimate of drug-likeness (QED) is 0.645. The molecule has 0 spiro atoms. The van der Waals surface area contributed by atoms with E-state index in [2.05, 4.69) is 20.1 Å². The van der Waals surface area contributed by atoms with Crippen molar-refractivity contribution in [3.05, 3.63) is 65.3 Å². The molecular formula is C18H15F3N6O. The molecule has 1 atom stereocenters. The number of fused-ring (bicyclic) bond motifs is 1. The molecule has 0 aromatic carbocycles. The number of hydrogen-bond donors (Lipinski definition) is 0. The van der Waals surface area contributed by atoms with Crippen LogP contribution in [0, 0.1) is 5.82 Å². The van der Waals surface area contributed by atoms with Gasteiger partial charge >= 0.3 is 0 Å². The number of halogens is 3. The summed E-state index contributed by atoms with van der Waals surface area (Å²) in [6, 6.07) is 3.51. The van der Waals surface area contributed by atoms with E-state index in [1.807, 2.05) is 13.0 Å². The van der Waals surface area contributed by atoms with Gasteiger partial charge in [0.25, 0.3) is 18.1 Å². The van der Waals surface area contributed by atoms with E-state index < -0.39 is 29.8 Å². The van der Waals surface area contributed by atoms with Gasteiger partial charge in [-0.1, -0.05) is 11.6 Å². The van der Waals surface area contributed by atoms with Gasteiger partial charge in [0.15, 0.2) is 0 Å². The maximum Gasteiger partial charge on any atom is 0.280 e. The maximum atomic E-state index is 13.4. The smallest absolute Gasteiger partial charge is 0.280 e. The van der Waals surface area contributed by atoms with Gasteiger partial charge in [-0.05, 0) is 19.1 Å². The van der Waals surface area contributed by atoms with E-state index >= 15 is 0 Å². The summed E-state index contributed by atoms with van der Waals surface area (Å²) in [5.41, 5.74) is 0.940.